The van der Waals surface area contributed by atoms with Crippen LogP contribution in [-0.2, 0) is 6.54 Å². The first kappa shape index (κ1) is 15.2. The quantitative estimate of drug-likeness (QED) is 0.771. The van der Waals surface area contributed by atoms with Crippen LogP contribution in [0.3, 0.4) is 0 Å². The van der Waals surface area contributed by atoms with Crippen molar-refractivity contribution < 1.29 is 4.74 Å². The number of pyridine rings is 1. The van der Waals surface area contributed by atoms with Crippen LogP contribution in [0.1, 0.15) is 16.7 Å². The summed E-state index contributed by atoms with van der Waals surface area (Å²) in [7, 11) is 1.61. The summed E-state index contributed by atoms with van der Waals surface area (Å²) in [5.41, 5.74) is 4.86. The maximum absolute atomic E-state index is 12.3. The van der Waals surface area contributed by atoms with Gasteiger partial charge in [0.15, 0.2) is 0 Å². The second-order valence-corrected chi connectivity index (χ2v) is 5.75. The standard InChI is InChI=1S/C19H20N2O2/c1-12-4-7-17(13(2)8-12)20-11-15-9-14-5-6-16(23-3)10-18(14)21-19(15)22/h4-10,20H,11H2,1-3H3,(H,21,22). The zero-order valence-electron chi connectivity index (χ0n) is 13.6. The molecule has 2 N–H and O–H groups in total. The molecule has 1 heterocycles. The fraction of sp³-hybridized carbons (Fsp3) is 0.211. The van der Waals surface area contributed by atoms with E-state index in [1.165, 1.54) is 11.1 Å². The molecule has 0 bridgehead atoms. The number of rotatable bonds is 4. The van der Waals surface area contributed by atoms with Gasteiger partial charge < -0.3 is 15.0 Å². The molecule has 2 aromatic carbocycles. The molecule has 23 heavy (non-hydrogen) atoms. The Kier molecular flexibility index (Phi) is 4.06. The number of fused-ring (bicyclic) bond motifs is 1. The minimum atomic E-state index is -0.0805. The van der Waals surface area contributed by atoms with Gasteiger partial charge >= 0.3 is 0 Å². The van der Waals surface area contributed by atoms with Crippen LogP contribution in [0, 0.1) is 13.8 Å². The molecule has 0 aliphatic heterocycles. The molecule has 0 unspecified atom stereocenters. The zero-order chi connectivity index (χ0) is 16.4. The first-order chi connectivity index (χ1) is 11.1. The first-order valence-corrected chi connectivity index (χ1v) is 7.58. The van der Waals surface area contributed by atoms with E-state index in [-0.39, 0.29) is 5.56 Å². The van der Waals surface area contributed by atoms with E-state index < -0.39 is 0 Å². The Labute approximate surface area is 135 Å². The summed E-state index contributed by atoms with van der Waals surface area (Å²) >= 11 is 0. The fourth-order valence-electron chi connectivity index (χ4n) is 2.69. The highest BCUT2D eigenvalue weighted by atomic mass is 16.5. The molecule has 0 radical (unpaired) electrons. The normalized spacial score (nSPS) is 10.7. The minimum absolute atomic E-state index is 0.0805. The second kappa shape index (κ2) is 6.16. The van der Waals surface area contributed by atoms with Gasteiger partial charge in [0.2, 0.25) is 0 Å². The molecule has 0 atom stereocenters. The number of anilines is 1. The van der Waals surface area contributed by atoms with Crippen molar-refractivity contribution in [2.75, 3.05) is 12.4 Å². The lowest BCUT2D eigenvalue weighted by atomic mass is 10.1. The molecule has 0 aliphatic rings. The number of H-pyrrole nitrogens is 1. The van der Waals surface area contributed by atoms with Crippen molar-refractivity contribution in [2.45, 2.75) is 20.4 Å². The highest BCUT2D eigenvalue weighted by Crippen LogP contribution is 2.20. The number of aryl methyl sites for hydroxylation is 2. The average molecular weight is 308 g/mol. The number of benzene rings is 2. The SMILES string of the molecule is COc1ccc2cc(CNc3ccc(C)cc3C)c(=O)[nH]c2c1. The van der Waals surface area contributed by atoms with Crippen LogP contribution < -0.4 is 15.6 Å². The molecule has 118 valence electrons. The van der Waals surface area contributed by atoms with Gasteiger partial charge in [0.1, 0.15) is 5.75 Å². The summed E-state index contributed by atoms with van der Waals surface area (Å²) < 4.78 is 5.19. The number of aromatic amines is 1. The van der Waals surface area contributed by atoms with Crippen LogP contribution in [-0.4, -0.2) is 12.1 Å². The van der Waals surface area contributed by atoms with Gasteiger partial charge in [-0.05, 0) is 49.1 Å². The van der Waals surface area contributed by atoms with E-state index in [9.17, 15) is 4.79 Å². The maximum Gasteiger partial charge on any atom is 0.253 e. The number of ether oxygens (including phenoxy) is 1. The van der Waals surface area contributed by atoms with Gasteiger partial charge in [0.25, 0.3) is 5.56 Å². The highest BCUT2D eigenvalue weighted by molar-refractivity contribution is 5.80. The van der Waals surface area contributed by atoms with Crippen molar-refractivity contribution in [2.24, 2.45) is 0 Å². The van der Waals surface area contributed by atoms with Gasteiger partial charge in [-0.15, -0.1) is 0 Å². The molecular formula is C19H20N2O2. The molecule has 0 saturated heterocycles. The third-order valence-corrected chi connectivity index (χ3v) is 3.98. The fourth-order valence-corrected chi connectivity index (χ4v) is 2.69. The maximum atomic E-state index is 12.3. The van der Waals surface area contributed by atoms with Crippen molar-refractivity contribution in [1.29, 1.82) is 0 Å². The predicted molar refractivity (Wildman–Crippen MR) is 94.4 cm³/mol. The Morgan fingerprint density at radius 1 is 1.09 bits per heavy atom. The Morgan fingerprint density at radius 3 is 2.65 bits per heavy atom. The van der Waals surface area contributed by atoms with Gasteiger partial charge in [0, 0.05) is 23.9 Å². The molecule has 0 amide bonds. The number of methoxy groups -OCH3 is 1. The van der Waals surface area contributed by atoms with Crippen LogP contribution in [0.2, 0.25) is 0 Å². The van der Waals surface area contributed by atoms with E-state index >= 15 is 0 Å². The topological polar surface area (TPSA) is 54.1 Å². The summed E-state index contributed by atoms with van der Waals surface area (Å²) in [6, 6.07) is 13.8. The second-order valence-electron chi connectivity index (χ2n) is 5.75. The molecular weight excluding hydrogens is 288 g/mol. The molecule has 0 spiro atoms. The molecule has 1 aromatic heterocycles. The van der Waals surface area contributed by atoms with Crippen molar-refractivity contribution in [1.82, 2.24) is 4.98 Å². The molecule has 0 fully saturated rings. The van der Waals surface area contributed by atoms with E-state index in [2.05, 4.69) is 36.3 Å². The number of hydrogen-bond acceptors (Lipinski definition) is 3. The van der Waals surface area contributed by atoms with E-state index in [1.54, 1.807) is 7.11 Å². The van der Waals surface area contributed by atoms with Crippen LogP contribution in [0.5, 0.6) is 5.75 Å². The zero-order valence-corrected chi connectivity index (χ0v) is 13.6. The van der Waals surface area contributed by atoms with E-state index in [4.69, 9.17) is 4.74 Å². The van der Waals surface area contributed by atoms with Crippen LogP contribution in [0.4, 0.5) is 5.69 Å². The molecule has 4 nitrogen and oxygen atoms in total. The lowest BCUT2D eigenvalue weighted by Gasteiger charge is -2.11. The highest BCUT2D eigenvalue weighted by Gasteiger charge is 2.05. The lowest BCUT2D eigenvalue weighted by molar-refractivity contribution is 0.415. The summed E-state index contributed by atoms with van der Waals surface area (Å²) in [4.78, 5) is 15.2. The van der Waals surface area contributed by atoms with E-state index in [0.717, 1.165) is 22.3 Å². The third kappa shape index (κ3) is 3.21. The summed E-state index contributed by atoms with van der Waals surface area (Å²) in [6.45, 7) is 4.62. The first-order valence-electron chi connectivity index (χ1n) is 7.58. The summed E-state index contributed by atoms with van der Waals surface area (Å²) in [5, 5.41) is 4.33. The number of hydrogen-bond donors (Lipinski definition) is 2. The molecule has 3 aromatic rings. The predicted octanol–water partition coefficient (Wildman–Crippen LogP) is 3.77. The third-order valence-electron chi connectivity index (χ3n) is 3.98. The smallest absolute Gasteiger partial charge is 0.253 e. The number of aromatic nitrogens is 1. The van der Waals surface area contributed by atoms with Crippen molar-refractivity contribution in [3.63, 3.8) is 0 Å². The molecule has 0 saturated carbocycles. The van der Waals surface area contributed by atoms with Gasteiger partial charge in [-0.1, -0.05) is 17.7 Å². The van der Waals surface area contributed by atoms with Gasteiger partial charge in [0.05, 0.1) is 12.6 Å². The van der Waals surface area contributed by atoms with Crippen molar-refractivity contribution in [3.8, 4) is 5.75 Å². The van der Waals surface area contributed by atoms with E-state index in [0.29, 0.717) is 12.1 Å². The largest absolute Gasteiger partial charge is 0.497 e. The lowest BCUT2D eigenvalue weighted by Crippen LogP contribution is -2.16. The van der Waals surface area contributed by atoms with Gasteiger partial charge in [-0.2, -0.15) is 0 Å². The molecule has 4 heteroatoms. The summed E-state index contributed by atoms with van der Waals surface area (Å²) in [6.07, 6.45) is 0. The van der Waals surface area contributed by atoms with Crippen LogP contribution >= 0.6 is 0 Å². The Balaban J connectivity index is 1.88. The van der Waals surface area contributed by atoms with Crippen LogP contribution in [0.25, 0.3) is 10.9 Å². The van der Waals surface area contributed by atoms with Crippen molar-refractivity contribution >= 4 is 16.6 Å². The Bertz CT molecular complexity index is 913. The average Bonchev–Trinajstić information content (AvgIpc) is 2.53. The summed E-state index contributed by atoms with van der Waals surface area (Å²) in [5.74, 6) is 0.731. The molecule has 3 rings (SSSR count). The number of nitrogens with one attached hydrogen (secondary N) is 2. The van der Waals surface area contributed by atoms with Gasteiger partial charge in [-0.25, -0.2) is 0 Å². The Hall–Kier alpha value is -2.75. The van der Waals surface area contributed by atoms with Crippen LogP contribution in [0.15, 0.2) is 47.3 Å². The monoisotopic (exact) mass is 308 g/mol. The van der Waals surface area contributed by atoms with Gasteiger partial charge in [-0.3, -0.25) is 4.79 Å². The Morgan fingerprint density at radius 2 is 1.91 bits per heavy atom. The van der Waals surface area contributed by atoms with E-state index in [1.807, 2.05) is 30.3 Å². The minimum Gasteiger partial charge on any atom is -0.497 e. The van der Waals surface area contributed by atoms with Crippen molar-refractivity contribution in [3.05, 3.63) is 69.5 Å². The molecule has 0 aliphatic carbocycles.